The third-order valence-electron chi connectivity index (χ3n) is 5.19. The first-order valence-electron chi connectivity index (χ1n) is 11.0. The van der Waals surface area contributed by atoms with E-state index in [1.54, 1.807) is 12.3 Å². The molecule has 4 aromatic carbocycles. The van der Waals surface area contributed by atoms with Gasteiger partial charge in [0.25, 0.3) is 5.91 Å². The lowest BCUT2D eigenvalue weighted by Gasteiger charge is -2.15. The molecule has 0 unspecified atom stereocenters. The summed E-state index contributed by atoms with van der Waals surface area (Å²) in [5, 5.41) is 6.22. The van der Waals surface area contributed by atoms with Crippen LogP contribution in [0.4, 0.5) is 0 Å². The van der Waals surface area contributed by atoms with Crippen LogP contribution in [0, 0.1) is 6.92 Å². The number of halogens is 1. The Bertz CT molecular complexity index is 1350. The largest absolute Gasteiger partial charge is 0.490 e. The molecule has 0 heterocycles. The number of hydrogen-bond donors (Lipinski definition) is 1. The fourth-order valence-corrected chi connectivity index (χ4v) is 4.16. The standard InChI is InChI=1S/C28H25BrN2O3/c1-3-33-26-15-21(14-25(29)27(26)34-18-20-8-6-7-19(2)13-20)17-30-31-28(32)24-12-11-22-9-4-5-10-23(22)16-24/h4-17H,3,18H2,1-2H3,(H,31,32)/b30-17-. The summed E-state index contributed by atoms with van der Waals surface area (Å²) in [7, 11) is 0. The first-order chi connectivity index (χ1) is 16.5. The van der Waals surface area contributed by atoms with E-state index in [9.17, 15) is 4.79 Å². The summed E-state index contributed by atoms with van der Waals surface area (Å²) < 4.78 is 12.6. The fraction of sp³-hybridized carbons (Fsp3) is 0.143. The van der Waals surface area contributed by atoms with E-state index in [1.807, 2.05) is 67.6 Å². The van der Waals surface area contributed by atoms with Crippen LogP contribution in [0.25, 0.3) is 10.8 Å². The molecule has 4 rings (SSSR count). The number of carbonyl (C=O) groups excluding carboxylic acids is 1. The van der Waals surface area contributed by atoms with Crippen LogP contribution >= 0.6 is 15.9 Å². The molecule has 6 heteroatoms. The van der Waals surface area contributed by atoms with Crippen molar-refractivity contribution in [2.75, 3.05) is 6.61 Å². The summed E-state index contributed by atoms with van der Waals surface area (Å²) in [6, 6.07) is 25.4. The number of hydrazone groups is 1. The van der Waals surface area contributed by atoms with Crippen LogP contribution in [0.1, 0.15) is 34.0 Å². The number of amides is 1. The van der Waals surface area contributed by atoms with Gasteiger partial charge in [-0.2, -0.15) is 5.10 Å². The Balaban J connectivity index is 1.47. The van der Waals surface area contributed by atoms with Crippen molar-refractivity contribution in [2.45, 2.75) is 20.5 Å². The monoisotopic (exact) mass is 516 g/mol. The minimum Gasteiger partial charge on any atom is -0.490 e. The molecule has 4 aromatic rings. The van der Waals surface area contributed by atoms with Crippen LogP contribution in [-0.2, 0) is 6.61 Å². The smallest absolute Gasteiger partial charge is 0.271 e. The number of nitrogens with zero attached hydrogens (tertiary/aromatic N) is 1. The molecule has 0 atom stereocenters. The Morgan fingerprint density at radius 3 is 2.59 bits per heavy atom. The molecule has 0 aliphatic rings. The van der Waals surface area contributed by atoms with Crippen LogP contribution < -0.4 is 14.9 Å². The summed E-state index contributed by atoms with van der Waals surface area (Å²) >= 11 is 3.58. The molecule has 5 nitrogen and oxygen atoms in total. The Morgan fingerprint density at radius 1 is 0.971 bits per heavy atom. The van der Waals surface area contributed by atoms with Gasteiger partial charge in [-0.05, 0) is 75.9 Å². The number of benzene rings is 4. The van der Waals surface area contributed by atoms with Crippen LogP contribution in [0.3, 0.4) is 0 Å². The zero-order valence-electron chi connectivity index (χ0n) is 19.0. The fourth-order valence-electron chi connectivity index (χ4n) is 3.58. The second-order valence-electron chi connectivity index (χ2n) is 7.80. The van der Waals surface area contributed by atoms with Gasteiger partial charge in [0.15, 0.2) is 11.5 Å². The summed E-state index contributed by atoms with van der Waals surface area (Å²) in [4.78, 5) is 12.5. The number of nitrogens with one attached hydrogen (secondary N) is 1. The van der Waals surface area contributed by atoms with Gasteiger partial charge in [-0.1, -0.05) is 60.2 Å². The predicted molar refractivity (Wildman–Crippen MR) is 140 cm³/mol. The summed E-state index contributed by atoms with van der Waals surface area (Å²) in [6.45, 7) is 4.89. The first-order valence-corrected chi connectivity index (χ1v) is 11.8. The maximum absolute atomic E-state index is 12.5. The maximum Gasteiger partial charge on any atom is 0.271 e. The lowest BCUT2D eigenvalue weighted by Crippen LogP contribution is -2.17. The van der Waals surface area contributed by atoms with E-state index in [4.69, 9.17) is 9.47 Å². The highest BCUT2D eigenvalue weighted by atomic mass is 79.9. The van der Waals surface area contributed by atoms with E-state index in [-0.39, 0.29) is 5.91 Å². The van der Waals surface area contributed by atoms with Gasteiger partial charge in [0.1, 0.15) is 6.61 Å². The molecule has 0 aliphatic carbocycles. The predicted octanol–water partition coefficient (Wildman–Crippen LogP) is 6.65. The van der Waals surface area contributed by atoms with Gasteiger partial charge in [0.2, 0.25) is 0 Å². The zero-order chi connectivity index (χ0) is 23.9. The van der Waals surface area contributed by atoms with Gasteiger partial charge in [0, 0.05) is 5.56 Å². The third kappa shape index (κ3) is 5.83. The molecule has 0 bridgehead atoms. The van der Waals surface area contributed by atoms with Gasteiger partial charge in [-0.3, -0.25) is 4.79 Å². The van der Waals surface area contributed by atoms with E-state index >= 15 is 0 Å². The minimum atomic E-state index is -0.274. The highest BCUT2D eigenvalue weighted by Gasteiger charge is 2.13. The number of aryl methyl sites for hydroxylation is 1. The molecule has 0 saturated carbocycles. The topological polar surface area (TPSA) is 59.9 Å². The van der Waals surface area contributed by atoms with Gasteiger partial charge in [-0.25, -0.2) is 5.43 Å². The average Bonchev–Trinajstić information content (AvgIpc) is 2.83. The number of rotatable bonds is 8. The van der Waals surface area contributed by atoms with Crippen LogP contribution in [0.2, 0.25) is 0 Å². The molecular weight excluding hydrogens is 492 g/mol. The molecule has 0 spiro atoms. The molecule has 1 N–H and O–H groups in total. The lowest BCUT2D eigenvalue weighted by atomic mass is 10.1. The molecule has 0 radical (unpaired) electrons. The molecular formula is C28H25BrN2O3. The summed E-state index contributed by atoms with van der Waals surface area (Å²) in [5.74, 6) is 0.955. The highest BCUT2D eigenvalue weighted by Crippen LogP contribution is 2.37. The van der Waals surface area contributed by atoms with Gasteiger partial charge in [-0.15, -0.1) is 0 Å². The Morgan fingerprint density at radius 2 is 1.79 bits per heavy atom. The quantitative estimate of drug-likeness (QED) is 0.210. The van der Waals surface area contributed by atoms with Crippen molar-refractivity contribution in [3.8, 4) is 11.5 Å². The molecule has 0 aromatic heterocycles. The number of hydrogen-bond acceptors (Lipinski definition) is 4. The highest BCUT2D eigenvalue weighted by molar-refractivity contribution is 9.10. The van der Waals surface area contributed by atoms with E-state index in [1.165, 1.54) is 5.56 Å². The van der Waals surface area contributed by atoms with Crippen molar-refractivity contribution in [1.29, 1.82) is 0 Å². The van der Waals surface area contributed by atoms with Crippen molar-refractivity contribution in [3.05, 3.63) is 106 Å². The number of ether oxygens (including phenoxy) is 2. The van der Waals surface area contributed by atoms with Crippen LogP contribution in [-0.4, -0.2) is 18.7 Å². The molecule has 0 aliphatic heterocycles. The van der Waals surface area contributed by atoms with Gasteiger partial charge in [0.05, 0.1) is 17.3 Å². The Hall–Kier alpha value is -3.64. The molecule has 1 amide bonds. The van der Waals surface area contributed by atoms with Crippen molar-refractivity contribution < 1.29 is 14.3 Å². The van der Waals surface area contributed by atoms with E-state index in [2.05, 4.69) is 45.5 Å². The first kappa shape index (κ1) is 23.5. The summed E-state index contributed by atoms with van der Waals surface area (Å²) in [5.41, 5.74) is 6.16. The SMILES string of the molecule is CCOc1cc(/C=N\NC(=O)c2ccc3ccccc3c2)cc(Br)c1OCc1cccc(C)c1. The van der Waals surface area contributed by atoms with Crippen LogP contribution in [0.5, 0.6) is 11.5 Å². The normalized spacial score (nSPS) is 11.0. The van der Waals surface area contributed by atoms with Crippen molar-refractivity contribution in [3.63, 3.8) is 0 Å². The van der Waals surface area contributed by atoms with Gasteiger partial charge < -0.3 is 9.47 Å². The molecule has 172 valence electrons. The van der Waals surface area contributed by atoms with E-state index < -0.39 is 0 Å². The van der Waals surface area contributed by atoms with Crippen molar-refractivity contribution in [2.24, 2.45) is 5.10 Å². The average molecular weight is 517 g/mol. The second-order valence-corrected chi connectivity index (χ2v) is 8.66. The van der Waals surface area contributed by atoms with Crippen molar-refractivity contribution >= 4 is 38.8 Å². The van der Waals surface area contributed by atoms with Crippen LogP contribution in [0.15, 0.2) is 88.4 Å². The number of fused-ring (bicyclic) bond motifs is 1. The maximum atomic E-state index is 12.5. The van der Waals surface area contributed by atoms with E-state index in [0.717, 1.165) is 26.4 Å². The summed E-state index contributed by atoms with van der Waals surface area (Å²) in [6.07, 6.45) is 1.58. The Kier molecular flexibility index (Phi) is 7.60. The van der Waals surface area contributed by atoms with Crippen molar-refractivity contribution in [1.82, 2.24) is 5.43 Å². The Labute approximate surface area is 207 Å². The molecule has 34 heavy (non-hydrogen) atoms. The lowest BCUT2D eigenvalue weighted by molar-refractivity contribution is 0.0955. The minimum absolute atomic E-state index is 0.274. The number of carbonyl (C=O) groups is 1. The van der Waals surface area contributed by atoms with E-state index in [0.29, 0.717) is 30.3 Å². The zero-order valence-corrected chi connectivity index (χ0v) is 20.6. The third-order valence-corrected chi connectivity index (χ3v) is 5.78. The molecule has 0 saturated heterocycles. The molecule has 0 fully saturated rings. The van der Waals surface area contributed by atoms with Gasteiger partial charge >= 0.3 is 0 Å². The second kappa shape index (κ2) is 11.0.